The van der Waals surface area contributed by atoms with Crippen molar-refractivity contribution in [2.75, 3.05) is 48.8 Å². The van der Waals surface area contributed by atoms with E-state index in [9.17, 15) is 18.4 Å². The topological polar surface area (TPSA) is 119 Å². The molecule has 0 radical (unpaired) electrons. The van der Waals surface area contributed by atoms with Gasteiger partial charge in [0.15, 0.2) is 23.1 Å². The molecule has 1 aliphatic rings. The van der Waals surface area contributed by atoms with Gasteiger partial charge in [-0.1, -0.05) is 12.6 Å². The van der Waals surface area contributed by atoms with E-state index in [1.807, 2.05) is 7.05 Å². The minimum Gasteiger partial charge on any atom is -0.367 e. The molecule has 0 spiro atoms. The number of rotatable bonds is 6. The number of benzene rings is 2. The van der Waals surface area contributed by atoms with Gasteiger partial charge >= 0.3 is 0 Å². The van der Waals surface area contributed by atoms with Gasteiger partial charge in [-0.2, -0.15) is 4.98 Å². The molecule has 0 atom stereocenters. The van der Waals surface area contributed by atoms with Crippen molar-refractivity contribution in [1.29, 1.82) is 0 Å². The van der Waals surface area contributed by atoms with Crippen LogP contribution in [0, 0.1) is 17.5 Å². The number of carbonyl (C=O) groups is 1. The summed E-state index contributed by atoms with van der Waals surface area (Å²) in [6, 6.07) is 7.04. The number of fused-ring (bicyclic) bond motifs is 1. The van der Waals surface area contributed by atoms with E-state index in [1.165, 1.54) is 36.5 Å². The molecule has 3 N–H and O–H groups in total. The zero-order valence-electron chi connectivity index (χ0n) is 20.8. The van der Waals surface area contributed by atoms with Crippen LogP contribution in [0.3, 0.4) is 0 Å². The predicted molar refractivity (Wildman–Crippen MR) is 142 cm³/mol. The number of likely N-dealkylation sites (N-methyl/N-ethyl adjacent to an activating group) is 1. The van der Waals surface area contributed by atoms with Crippen molar-refractivity contribution in [3.63, 3.8) is 0 Å². The molecule has 1 saturated heterocycles. The van der Waals surface area contributed by atoms with Gasteiger partial charge in [-0.15, -0.1) is 0 Å². The number of hydrogen-bond donors (Lipinski definition) is 3. The average molecular weight is 537 g/mol. The van der Waals surface area contributed by atoms with E-state index < -0.39 is 28.9 Å². The molecule has 1 aliphatic heterocycles. The highest BCUT2D eigenvalue weighted by molar-refractivity contribution is 5.99. The van der Waals surface area contributed by atoms with Crippen molar-refractivity contribution < 1.29 is 18.0 Å². The van der Waals surface area contributed by atoms with Crippen LogP contribution in [0.1, 0.15) is 0 Å². The summed E-state index contributed by atoms with van der Waals surface area (Å²) < 4.78 is 45.0. The Labute approximate surface area is 220 Å². The summed E-state index contributed by atoms with van der Waals surface area (Å²) in [5, 5.41) is 4.96. The Morgan fingerprint density at radius 2 is 1.79 bits per heavy atom. The Bertz CT molecular complexity index is 1650. The summed E-state index contributed by atoms with van der Waals surface area (Å²) >= 11 is 0. The molecule has 10 nitrogen and oxygen atoms in total. The van der Waals surface area contributed by atoms with Crippen LogP contribution in [-0.2, 0) is 4.79 Å². The van der Waals surface area contributed by atoms with Crippen LogP contribution in [0.4, 0.5) is 36.2 Å². The van der Waals surface area contributed by atoms with E-state index >= 15 is 4.39 Å². The molecule has 0 bridgehead atoms. The molecule has 1 fully saturated rings. The van der Waals surface area contributed by atoms with Gasteiger partial charge in [-0.3, -0.25) is 9.59 Å². The molecule has 2 aromatic carbocycles. The van der Waals surface area contributed by atoms with Crippen LogP contribution in [0.5, 0.6) is 0 Å². The van der Waals surface area contributed by atoms with Gasteiger partial charge in [-0.25, -0.2) is 23.1 Å². The van der Waals surface area contributed by atoms with Gasteiger partial charge < -0.3 is 25.4 Å². The lowest BCUT2D eigenvalue weighted by atomic mass is 10.1. The highest BCUT2D eigenvalue weighted by Crippen LogP contribution is 2.30. The molecular formula is C26H23F3N8O2. The standard InChI is InChI=1S/C26H23F3N8O2/c1-3-19(38)31-16-6-4-5-14(20(16)27)23-33-24-15(25(39)34-23)13-30-26(35-24)32-17-7-8-18(22(29)21(17)28)37-11-9-36(2)10-12-37/h3-8,13H,1,9-12H2,2H3,(H,31,38)(H2,30,32,33,34,35,39). The maximum atomic E-state index is 15.1. The highest BCUT2D eigenvalue weighted by Gasteiger charge is 2.22. The number of nitrogens with one attached hydrogen (secondary N) is 3. The SMILES string of the molecule is C=CC(=O)Nc1cccc(-c2nc3nc(Nc4ccc(N5CCN(C)CC5)c(F)c4F)ncc3c(=O)[nH]2)c1F. The van der Waals surface area contributed by atoms with Crippen LogP contribution >= 0.6 is 0 Å². The lowest BCUT2D eigenvalue weighted by Gasteiger charge is -2.34. The van der Waals surface area contributed by atoms with Crippen molar-refractivity contribution in [3.05, 3.63) is 77.0 Å². The lowest BCUT2D eigenvalue weighted by Crippen LogP contribution is -2.44. The van der Waals surface area contributed by atoms with Gasteiger partial charge in [0, 0.05) is 32.4 Å². The molecule has 0 aliphatic carbocycles. The van der Waals surface area contributed by atoms with Gasteiger partial charge in [0.1, 0.15) is 11.2 Å². The summed E-state index contributed by atoms with van der Waals surface area (Å²) in [6.07, 6.45) is 2.16. The number of aromatic nitrogens is 4. The van der Waals surface area contributed by atoms with E-state index in [0.29, 0.717) is 13.1 Å². The quantitative estimate of drug-likeness (QED) is 0.321. The van der Waals surface area contributed by atoms with E-state index in [1.54, 1.807) is 4.90 Å². The largest absolute Gasteiger partial charge is 0.367 e. The fraction of sp³-hybridized carbons (Fsp3) is 0.192. The first kappa shape index (κ1) is 25.9. The molecule has 5 rings (SSSR count). The zero-order chi connectivity index (χ0) is 27.7. The Hall–Kier alpha value is -4.78. The fourth-order valence-corrected chi connectivity index (χ4v) is 4.16. The molecule has 200 valence electrons. The van der Waals surface area contributed by atoms with E-state index in [0.717, 1.165) is 19.2 Å². The molecule has 0 unspecified atom stereocenters. The Morgan fingerprint density at radius 3 is 2.54 bits per heavy atom. The van der Waals surface area contributed by atoms with Crippen LogP contribution in [0.15, 0.2) is 54.0 Å². The third-order valence-electron chi connectivity index (χ3n) is 6.31. The summed E-state index contributed by atoms with van der Waals surface area (Å²) in [6.45, 7) is 5.93. The number of H-pyrrole nitrogens is 1. The van der Waals surface area contributed by atoms with Crippen molar-refractivity contribution in [1.82, 2.24) is 24.8 Å². The van der Waals surface area contributed by atoms with E-state index in [2.05, 4.69) is 42.0 Å². The zero-order valence-corrected chi connectivity index (χ0v) is 20.8. The molecule has 13 heteroatoms. The first-order chi connectivity index (χ1) is 18.7. The van der Waals surface area contributed by atoms with Crippen molar-refractivity contribution in [2.45, 2.75) is 0 Å². The minimum atomic E-state index is -1.10. The van der Waals surface area contributed by atoms with Gasteiger partial charge in [0.25, 0.3) is 5.56 Å². The summed E-state index contributed by atoms with van der Waals surface area (Å²) in [5.41, 5.74) is -1.03. The van der Waals surface area contributed by atoms with Gasteiger partial charge in [0.2, 0.25) is 11.9 Å². The van der Waals surface area contributed by atoms with Gasteiger partial charge in [0.05, 0.1) is 22.6 Å². The number of nitrogens with zero attached hydrogens (tertiary/aromatic N) is 5. The third kappa shape index (κ3) is 5.16. The fourth-order valence-electron chi connectivity index (χ4n) is 4.16. The highest BCUT2D eigenvalue weighted by atomic mass is 19.2. The van der Waals surface area contributed by atoms with E-state index in [4.69, 9.17) is 0 Å². The van der Waals surface area contributed by atoms with E-state index in [-0.39, 0.29) is 45.4 Å². The molecule has 4 aromatic rings. The van der Waals surface area contributed by atoms with Crippen molar-refractivity contribution in [2.24, 2.45) is 0 Å². The predicted octanol–water partition coefficient (Wildman–Crippen LogP) is 3.42. The first-order valence-electron chi connectivity index (χ1n) is 11.9. The number of amides is 1. The van der Waals surface area contributed by atoms with Crippen LogP contribution in [-0.4, -0.2) is 64.0 Å². The second-order valence-corrected chi connectivity index (χ2v) is 8.88. The number of hydrogen-bond acceptors (Lipinski definition) is 8. The molecular weight excluding hydrogens is 513 g/mol. The lowest BCUT2D eigenvalue weighted by molar-refractivity contribution is -0.111. The second kappa shape index (κ2) is 10.5. The summed E-state index contributed by atoms with van der Waals surface area (Å²) in [5.74, 6) is -3.85. The number of carbonyl (C=O) groups excluding carboxylic acids is 1. The first-order valence-corrected chi connectivity index (χ1v) is 11.9. The number of anilines is 4. The molecule has 0 saturated carbocycles. The normalized spacial score (nSPS) is 13.9. The molecule has 39 heavy (non-hydrogen) atoms. The summed E-state index contributed by atoms with van der Waals surface area (Å²) in [4.78, 5) is 43.0. The number of aromatic amines is 1. The monoisotopic (exact) mass is 536 g/mol. The van der Waals surface area contributed by atoms with Crippen molar-refractivity contribution in [3.8, 4) is 11.4 Å². The average Bonchev–Trinajstić information content (AvgIpc) is 2.93. The Balaban J connectivity index is 1.46. The van der Waals surface area contributed by atoms with Crippen LogP contribution in [0.2, 0.25) is 0 Å². The molecule has 1 amide bonds. The number of halogens is 3. The van der Waals surface area contributed by atoms with Crippen LogP contribution < -0.4 is 21.1 Å². The minimum absolute atomic E-state index is 0.00195. The molecule has 2 aromatic heterocycles. The Kier molecular flexibility index (Phi) is 6.98. The molecule has 3 heterocycles. The smallest absolute Gasteiger partial charge is 0.262 e. The summed E-state index contributed by atoms with van der Waals surface area (Å²) in [7, 11) is 1.97. The Morgan fingerprint density at radius 1 is 1.03 bits per heavy atom. The maximum absolute atomic E-state index is 15.1. The third-order valence-corrected chi connectivity index (χ3v) is 6.31. The van der Waals surface area contributed by atoms with Crippen LogP contribution in [0.25, 0.3) is 22.4 Å². The second-order valence-electron chi connectivity index (χ2n) is 8.88. The maximum Gasteiger partial charge on any atom is 0.262 e. The van der Waals surface area contributed by atoms with Crippen molar-refractivity contribution >= 4 is 40.0 Å². The number of piperazine rings is 1. The van der Waals surface area contributed by atoms with Gasteiger partial charge in [-0.05, 0) is 37.4 Å².